The molecule has 6 heteroatoms. The van der Waals surface area contributed by atoms with Crippen LogP contribution in [-0.4, -0.2) is 35.4 Å². The smallest absolute Gasteiger partial charge is 0.261 e. The molecule has 2 amide bonds. The fourth-order valence-electron chi connectivity index (χ4n) is 5.28. The number of benzene rings is 3. The van der Waals surface area contributed by atoms with Crippen molar-refractivity contribution in [1.82, 2.24) is 10.2 Å². The van der Waals surface area contributed by atoms with Crippen LogP contribution in [0.4, 0.5) is 0 Å². The van der Waals surface area contributed by atoms with E-state index >= 15 is 0 Å². The van der Waals surface area contributed by atoms with Gasteiger partial charge in [-0.15, -0.1) is 0 Å². The average Bonchev–Trinajstić information content (AvgIpc) is 2.96. The van der Waals surface area contributed by atoms with E-state index in [9.17, 15) is 9.59 Å². The third-order valence-corrected chi connectivity index (χ3v) is 8.42. The van der Waals surface area contributed by atoms with Gasteiger partial charge in [-0.1, -0.05) is 93.8 Å². The second-order valence-electron chi connectivity index (χ2n) is 11.1. The number of hydrogen-bond donors (Lipinski definition) is 1. The molecular weight excluding hydrogens is 564 g/mol. The van der Waals surface area contributed by atoms with Crippen molar-refractivity contribution in [2.75, 3.05) is 6.61 Å². The molecule has 212 valence electrons. The van der Waals surface area contributed by atoms with E-state index < -0.39 is 6.04 Å². The topological polar surface area (TPSA) is 58.6 Å². The quantitative estimate of drug-likeness (QED) is 0.249. The maximum atomic E-state index is 14.0. The van der Waals surface area contributed by atoms with Gasteiger partial charge in [-0.2, -0.15) is 0 Å². The number of halogens is 1. The molecule has 0 bridgehead atoms. The largest absolute Gasteiger partial charge is 0.483 e. The van der Waals surface area contributed by atoms with Gasteiger partial charge in [0, 0.05) is 19.0 Å². The zero-order chi connectivity index (χ0) is 28.5. The molecule has 3 aromatic rings. The number of aryl methyl sites for hydroxylation is 1. The molecule has 1 N–H and O–H groups in total. The summed E-state index contributed by atoms with van der Waals surface area (Å²) in [4.78, 5) is 29.6. The van der Waals surface area contributed by atoms with Gasteiger partial charge in [0.2, 0.25) is 5.91 Å². The normalized spacial score (nSPS) is 14.5. The fraction of sp³-hybridized carbons (Fsp3) is 0.412. The van der Waals surface area contributed by atoms with Crippen LogP contribution in [0.25, 0.3) is 0 Å². The van der Waals surface area contributed by atoms with Gasteiger partial charge >= 0.3 is 0 Å². The van der Waals surface area contributed by atoms with Crippen molar-refractivity contribution in [3.8, 4) is 5.75 Å². The average molecular weight is 606 g/mol. The number of carbonyl (C=O) groups is 2. The third-order valence-electron chi connectivity index (χ3n) is 7.80. The summed E-state index contributed by atoms with van der Waals surface area (Å²) in [6.07, 6.45) is 5.86. The summed E-state index contributed by atoms with van der Waals surface area (Å²) in [6, 6.07) is 23.4. The SMILES string of the molecule is Cc1ccccc1CN(C(=O)COc1ccc(C(C)C)cc1Br)[C@@H](Cc1ccccc1)C(=O)NC1CCCCC1. The van der Waals surface area contributed by atoms with Crippen molar-refractivity contribution in [2.24, 2.45) is 0 Å². The molecule has 0 radical (unpaired) electrons. The molecular formula is C34H41BrN2O3. The third kappa shape index (κ3) is 8.20. The number of ether oxygens (including phenoxy) is 1. The zero-order valence-corrected chi connectivity index (χ0v) is 25.5. The van der Waals surface area contributed by atoms with Gasteiger partial charge < -0.3 is 15.0 Å². The van der Waals surface area contributed by atoms with E-state index in [-0.39, 0.29) is 24.5 Å². The summed E-state index contributed by atoms with van der Waals surface area (Å²) in [5.74, 6) is 0.681. The number of carbonyl (C=O) groups excluding carboxylic acids is 2. The van der Waals surface area contributed by atoms with Crippen LogP contribution >= 0.6 is 15.9 Å². The Labute approximate surface area is 247 Å². The molecule has 40 heavy (non-hydrogen) atoms. The van der Waals surface area contributed by atoms with Crippen LogP contribution in [-0.2, 0) is 22.6 Å². The molecule has 5 nitrogen and oxygen atoms in total. The molecule has 0 spiro atoms. The van der Waals surface area contributed by atoms with Crippen molar-refractivity contribution < 1.29 is 14.3 Å². The first-order valence-corrected chi connectivity index (χ1v) is 15.2. The highest BCUT2D eigenvalue weighted by molar-refractivity contribution is 9.10. The molecule has 0 saturated heterocycles. The zero-order valence-electron chi connectivity index (χ0n) is 23.9. The van der Waals surface area contributed by atoms with E-state index in [4.69, 9.17) is 4.74 Å². The van der Waals surface area contributed by atoms with E-state index in [1.165, 1.54) is 12.0 Å². The minimum Gasteiger partial charge on any atom is -0.483 e. The maximum absolute atomic E-state index is 14.0. The van der Waals surface area contributed by atoms with Gasteiger partial charge in [-0.25, -0.2) is 0 Å². The lowest BCUT2D eigenvalue weighted by Crippen LogP contribution is -2.53. The summed E-state index contributed by atoms with van der Waals surface area (Å²) in [7, 11) is 0. The fourth-order valence-corrected chi connectivity index (χ4v) is 5.80. The Bertz CT molecular complexity index is 1270. The van der Waals surface area contributed by atoms with Crippen LogP contribution in [0.1, 0.15) is 74.1 Å². The number of amides is 2. The van der Waals surface area contributed by atoms with Crippen LogP contribution in [0, 0.1) is 6.92 Å². The molecule has 1 aliphatic rings. The van der Waals surface area contributed by atoms with Gasteiger partial charge in [0.25, 0.3) is 5.91 Å². The standard InChI is InChI=1S/C34H41BrN2O3/c1-24(2)27-18-19-32(30(35)21-27)40-23-33(38)37(22-28-15-11-10-12-25(28)3)31(20-26-13-6-4-7-14-26)34(39)36-29-16-8-5-9-17-29/h4,6-7,10-15,18-19,21,24,29,31H,5,8-9,16-17,20,22-23H2,1-3H3,(H,36,39)/t31-/m0/s1. The molecule has 1 aliphatic carbocycles. The molecule has 0 aliphatic heterocycles. The predicted octanol–water partition coefficient (Wildman–Crippen LogP) is 7.35. The van der Waals surface area contributed by atoms with Crippen LogP contribution < -0.4 is 10.1 Å². The van der Waals surface area contributed by atoms with E-state index in [2.05, 4.69) is 35.1 Å². The highest BCUT2D eigenvalue weighted by Crippen LogP contribution is 2.29. The maximum Gasteiger partial charge on any atom is 0.261 e. The molecule has 0 aromatic heterocycles. The Hall–Kier alpha value is -3.12. The second-order valence-corrected chi connectivity index (χ2v) is 12.0. The van der Waals surface area contributed by atoms with E-state index in [0.717, 1.165) is 46.8 Å². The molecule has 0 unspecified atom stereocenters. The van der Waals surface area contributed by atoms with Gasteiger partial charge in [-0.3, -0.25) is 9.59 Å². The van der Waals surface area contributed by atoms with Gasteiger partial charge in [0.15, 0.2) is 6.61 Å². The Morgan fingerprint density at radius 2 is 1.68 bits per heavy atom. The van der Waals surface area contributed by atoms with Crippen molar-refractivity contribution in [3.05, 3.63) is 99.5 Å². The lowest BCUT2D eigenvalue weighted by atomic mass is 9.94. The number of nitrogens with one attached hydrogen (secondary N) is 1. The Morgan fingerprint density at radius 1 is 0.975 bits per heavy atom. The Morgan fingerprint density at radius 3 is 2.35 bits per heavy atom. The van der Waals surface area contributed by atoms with Crippen LogP contribution in [0.5, 0.6) is 5.75 Å². The van der Waals surface area contributed by atoms with Crippen molar-refractivity contribution >= 4 is 27.7 Å². The van der Waals surface area contributed by atoms with Crippen LogP contribution in [0.2, 0.25) is 0 Å². The van der Waals surface area contributed by atoms with E-state index in [1.807, 2.05) is 79.7 Å². The summed E-state index contributed by atoms with van der Waals surface area (Å²) in [5, 5.41) is 3.29. The van der Waals surface area contributed by atoms with Crippen molar-refractivity contribution in [3.63, 3.8) is 0 Å². The van der Waals surface area contributed by atoms with Gasteiger partial charge in [0.1, 0.15) is 11.8 Å². The van der Waals surface area contributed by atoms with Gasteiger partial charge in [-0.05, 0) is 76.0 Å². The summed E-state index contributed by atoms with van der Waals surface area (Å²) in [6.45, 7) is 6.49. The second kappa shape index (κ2) is 14.5. The summed E-state index contributed by atoms with van der Waals surface area (Å²) in [5.41, 5.74) is 4.30. The first kappa shape index (κ1) is 29.9. The van der Waals surface area contributed by atoms with E-state index in [1.54, 1.807) is 4.90 Å². The molecule has 1 fully saturated rings. The Kier molecular flexibility index (Phi) is 10.8. The highest BCUT2D eigenvalue weighted by atomic mass is 79.9. The molecule has 4 rings (SSSR count). The summed E-state index contributed by atoms with van der Waals surface area (Å²) >= 11 is 3.60. The van der Waals surface area contributed by atoms with Crippen LogP contribution in [0.3, 0.4) is 0 Å². The van der Waals surface area contributed by atoms with Gasteiger partial charge in [0.05, 0.1) is 4.47 Å². The lowest BCUT2D eigenvalue weighted by molar-refractivity contribution is -0.143. The Balaban J connectivity index is 1.62. The molecule has 1 atom stereocenters. The molecule has 1 saturated carbocycles. The predicted molar refractivity (Wildman–Crippen MR) is 164 cm³/mol. The van der Waals surface area contributed by atoms with Crippen LogP contribution in [0.15, 0.2) is 77.3 Å². The first-order valence-electron chi connectivity index (χ1n) is 14.4. The van der Waals surface area contributed by atoms with E-state index in [0.29, 0.717) is 24.6 Å². The minimum atomic E-state index is -0.660. The molecule has 3 aromatic carbocycles. The number of hydrogen-bond acceptors (Lipinski definition) is 3. The highest BCUT2D eigenvalue weighted by Gasteiger charge is 2.32. The first-order chi connectivity index (χ1) is 19.3. The monoisotopic (exact) mass is 604 g/mol. The van der Waals surface area contributed by atoms with Crippen molar-refractivity contribution in [2.45, 2.75) is 83.8 Å². The number of rotatable bonds is 11. The number of nitrogens with zero attached hydrogens (tertiary/aromatic N) is 1. The minimum absolute atomic E-state index is 0.0971. The van der Waals surface area contributed by atoms with Crippen molar-refractivity contribution in [1.29, 1.82) is 0 Å². The summed E-state index contributed by atoms with van der Waals surface area (Å²) < 4.78 is 6.86. The molecule has 0 heterocycles. The lowest BCUT2D eigenvalue weighted by Gasteiger charge is -2.33.